The van der Waals surface area contributed by atoms with Crippen LogP contribution in [0.4, 0.5) is 4.79 Å². The van der Waals surface area contributed by atoms with Gasteiger partial charge in [-0.05, 0) is 6.42 Å². The topological polar surface area (TPSA) is 84.6 Å². The summed E-state index contributed by atoms with van der Waals surface area (Å²) in [5.74, 6) is 0. The minimum atomic E-state index is -0.676. The Kier molecular flexibility index (Phi) is 5.55. The van der Waals surface area contributed by atoms with Crippen molar-refractivity contribution in [3.8, 4) is 0 Å². The maximum absolute atomic E-state index is 11.0. The number of carbonyl (C=O) groups is 1. The van der Waals surface area contributed by atoms with Gasteiger partial charge in [-0.1, -0.05) is 26.2 Å². The molecule has 16 heavy (non-hydrogen) atoms. The molecule has 1 fully saturated rings. The molecule has 1 saturated heterocycles. The summed E-state index contributed by atoms with van der Waals surface area (Å²) in [6, 6.07) is -0.534. The molecule has 1 heterocycles. The Bertz CT molecular complexity index is 223. The van der Waals surface area contributed by atoms with Gasteiger partial charge in [-0.3, -0.25) is 0 Å². The van der Waals surface area contributed by atoms with Gasteiger partial charge in [0, 0.05) is 12.5 Å². The van der Waals surface area contributed by atoms with Crippen LogP contribution in [0.5, 0.6) is 0 Å². The van der Waals surface area contributed by atoms with Gasteiger partial charge >= 0.3 is 6.09 Å². The number of aliphatic hydroxyl groups excluding tert-OH is 1. The normalized spacial score (nSPS) is 24.4. The van der Waals surface area contributed by atoms with Crippen LogP contribution in [0.1, 0.15) is 39.0 Å². The number of unbranched alkanes of at least 4 members (excludes halogenated alkanes) is 2. The van der Waals surface area contributed by atoms with Crippen molar-refractivity contribution in [2.45, 2.75) is 57.2 Å². The summed E-state index contributed by atoms with van der Waals surface area (Å²) >= 11 is 0. The first-order valence-electron chi connectivity index (χ1n) is 6.02. The average molecular weight is 230 g/mol. The molecule has 0 spiro atoms. The van der Waals surface area contributed by atoms with Crippen LogP contribution in [0, 0.1) is 0 Å². The van der Waals surface area contributed by atoms with E-state index in [0.29, 0.717) is 13.0 Å². The fraction of sp³-hybridized carbons (Fsp3) is 0.909. The fourth-order valence-electron chi connectivity index (χ4n) is 1.90. The Morgan fingerprint density at radius 2 is 2.38 bits per heavy atom. The van der Waals surface area contributed by atoms with Crippen molar-refractivity contribution >= 4 is 6.09 Å². The van der Waals surface area contributed by atoms with Gasteiger partial charge in [-0.15, -0.1) is 0 Å². The largest absolute Gasteiger partial charge is 0.449 e. The highest BCUT2D eigenvalue weighted by Gasteiger charge is 2.29. The second-order valence-corrected chi connectivity index (χ2v) is 4.33. The van der Waals surface area contributed by atoms with E-state index in [0.717, 1.165) is 25.7 Å². The zero-order valence-corrected chi connectivity index (χ0v) is 9.82. The van der Waals surface area contributed by atoms with Gasteiger partial charge < -0.3 is 20.9 Å². The summed E-state index contributed by atoms with van der Waals surface area (Å²) < 4.78 is 4.73. The summed E-state index contributed by atoms with van der Waals surface area (Å²) in [6.07, 6.45) is 3.56. The molecule has 1 aliphatic heterocycles. The second-order valence-electron chi connectivity index (χ2n) is 4.33. The van der Waals surface area contributed by atoms with E-state index in [1.165, 1.54) is 0 Å². The van der Waals surface area contributed by atoms with E-state index < -0.39 is 12.2 Å². The van der Waals surface area contributed by atoms with Crippen LogP contribution in [0.15, 0.2) is 0 Å². The first-order chi connectivity index (χ1) is 7.65. The summed E-state index contributed by atoms with van der Waals surface area (Å²) in [6.45, 7) is 2.48. The van der Waals surface area contributed by atoms with E-state index in [-0.39, 0.29) is 12.1 Å². The molecule has 5 nitrogen and oxygen atoms in total. The maximum atomic E-state index is 11.0. The third kappa shape index (κ3) is 3.98. The maximum Gasteiger partial charge on any atom is 0.407 e. The number of carbonyl (C=O) groups excluding carboxylic acids is 1. The highest BCUT2D eigenvalue weighted by atomic mass is 16.6. The number of nitrogens with one attached hydrogen (secondary N) is 1. The molecule has 0 aromatic heterocycles. The average Bonchev–Trinajstić information content (AvgIpc) is 2.28. The van der Waals surface area contributed by atoms with Crippen LogP contribution in [-0.4, -0.2) is 36.0 Å². The number of amides is 1. The molecule has 0 radical (unpaired) electrons. The lowest BCUT2D eigenvalue weighted by atomic mass is 9.96. The van der Waals surface area contributed by atoms with Gasteiger partial charge in [0.2, 0.25) is 0 Å². The summed E-state index contributed by atoms with van der Waals surface area (Å²) in [5.41, 5.74) is 5.89. The molecule has 94 valence electrons. The fourth-order valence-corrected chi connectivity index (χ4v) is 1.90. The van der Waals surface area contributed by atoms with Gasteiger partial charge in [0.1, 0.15) is 0 Å². The molecule has 1 aliphatic rings. The summed E-state index contributed by atoms with van der Waals surface area (Å²) in [4.78, 5) is 11.0. The molecule has 1 unspecified atom stereocenters. The molecular weight excluding hydrogens is 208 g/mol. The minimum absolute atomic E-state index is 0.266. The molecular formula is C11H22N2O3. The molecule has 0 aromatic rings. The number of alkyl carbamates (subject to hydrolysis) is 1. The van der Waals surface area contributed by atoms with E-state index in [2.05, 4.69) is 12.2 Å². The number of ether oxygens (including phenoxy) is 1. The number of cyclic esters (lactones) is 1. The van der Waals surface area contributed by atoms with Crippen LogP contribution < -0.4 is 11.1 Å². The summed E-state index contributed by atoms with van der Waals surface area (Å²) in [5, 5.41) is 12.6. The van der Waals surface area contributed by atoms with E-state index in [9.17, 15) is 9.90 Å². The number of nitrogens with two attached hydrogens (primary N) is 1. The van der Waals surface area contributed by atoms with Crippen molar-refractivity contribution in [1.82, 2.24) is 5.32 Å². The van der Waals surface area contributed by atoms with Crippen LogP contribution in [-0.2, 0) is 4.74 Å². The number of hydrogen-bond acceptors (Lipinski definition) is 4. The van der Waals surface area contributed by atoms with Crippen molar-refractivity contribution in [1.29, 1.82) is 0 Å². The SMILES string of the molecule is CCCCC[C@H](N)C(O)[C@@H]1CCOC(=O)N1. The van der Waals surface area contributed by atoms with E-state index in [4.69, 9.17) is 10.5 Å². The van der Waals surface area contributed by atoms with Gasteiger partial charge in [-0.2, -0.15) is 0 Å². The Hall–Kier alpha value is -0.810. The van der Waals surface area contributed by atoms with Crippen molar-refractivity contribution in [2.75, 3.05) is 6.61 Å². The molecule has 0 saturated carbocycles. The van der Waals surface area contributed by atoms with Crippen LogP contribution in [0.25, 0.3) is 0 Å². The number of rotatable bonds is 6. The quantitative estimate of drug-likeness (QED) is 0.588. The molecule has 5 heteroatoms. The first kappa shape index (κ1) is 13.3. The van der Waals surface area contributed by atoms with Gasteiger partial charge in [-0.25, -0.2) is 4.79 Å². The summed E-state index contributed by atoms with van der Waals surface area (Å²) in [7, 11) is 0. The zero-order valence-electron chi connectivity index (χ0n) is 9.82. The Morgan fingerprint density at radius 3 is 3.00 bits per heavy atom. The third-order valence-corrected chi connectivity index (χ3v) is 2.96. The second kappa shape index (κ2) is 6.70. The lowest BCUT2D eigenvalue weighted by molar-refractivity contribution is 0.0505. The van der Waals surface area contributed by atoms with Gasteiger partial charge in [0.25, 0.3) is 0 Å². The van der Waals surface area contributed by atoms with E-state index >= 15 is 0 Å². The molecule has 0 aliphatic carbocycles. The van der Waals surface area contributed by atoms with E-state index in [1.54, 1.807) is 0 Å². The Morgan fingerprint density at radius 1 is 1.62 bits per heavy atom. The van der Waals surface area contributed by atoms with Crippen LogP contribution >= 0.6 is 0 Å². The molecule has 1 amide bonds. The molecule has 3 atom stereocenters. The van der Waals surface area contributed by atoms with Crippen LogP contribution in [0.2, 0.25) is 0 Å². The van der Waals surface area contributed by atoms with Crippen LogP contribution in [0.3, 0.4) is 0 Å². The lowest BCUT2D eigenvalue weighted by Gasteiger charge is -2.30. The van der Waals surface area contributed by atoms with Crippen molar-refractivity contribution in [3.63, 3.8) is 0 Å². The van der Waals surface area contributed by atoms with Gasteiger partial charge in [0.05, 0.1) is 18.8 Å². The Labute approximate surface area is 96.3 Å². The third-order valence-electron chi connectivity index (χ3n) is 2.96. The van der Waals surface area contributed by atoms with Gasteiger partial charge in [0.15, 0.2) is 0 Å². The Balaban J connectivity index is 2.30. The lowest BCUT2D eigenvalue weighted by Crippen LogP contribution is -2.54. The smallest absolute Gasteiger partial charge is 0.407 e. The number of hydrogen-bond donors (Lipinski definition) is 3. The van der Waals surface area contributed by atoms with E-state index in [1.807, 2.05) is 0 Å². The van der Waals surface area contributed by atoms with Crippen molar-refractivity contribution in [2.24, 2.45) is 5.73 Å². The monoisotopic (exact) mass is 230 g/mol. The first-order valence-corrected chi connectivity index (χ1v) is 6.02. The highest BCUT2D eigenvalue weighted by Crippen LogP contribution is 2.12. The molecule has 4 N–H and O–H groups in total. The predicted molar refractivity (Wildman–Crippen MR) is 61.0 cm³/mol. The highest BCUT2D eigenvalue weighted by molar-refractivity contribution is 5.68. The molecule has 0 bridgehead atoms. The van der Waals surface area contributed by atoms with Crippen molar-refractivity contribution < 1.29 is 14.6 Å². The molecule has 0 aromatic carbocycles. The predicted octanol–water partition coefficient (Wildman–Crippen LogP) is 0.753. The zero-order chi connectivity index (χ0) is 12.0. The van der Waals surface area contributed by atoms with Crippen molar-refractivity contribution in [3.05, 3.63) is 0 Å². The number of aliphatic hydroxyl groups is 1. The molecule has 1 rings (SSSR count). The standard InChI is InChI=1S/C11H22N2O3/c1-2-3-4-5-8(12)10(14)9-6-7-16-11(15)13-9/h8-10,14H,2-7,12H2,1H3,(H,13,15)/t8-,9-,10?/m0/s1. The minimum Gasteiger partial charge on any atom is -0.449 e.